The SMILES string of the molecule is N#CCCCCS(=O)c1ccc(N)cc1. The van der Waals surface area contributed by atoms with Crippen molar-refractivity contribution < 1.29 is 4.21 Å². The van der Waals surface area contributed by atoms with E-state index in [1.54, 1.807) is 24.3 Å². The van der Waals surface area contributed by atoms with Crippen LogP contribution in [0.25, 0.3) is 0 Å². The van der Waals surface area contributed by atoms with Crippen LogP contribution >= 0.6 is 0 Å². The summed E-state index contributed by atoms with van der Waals surface area (Å²) < 4.78 is 11.7. The first-order valence-electron chi connectivity index (χ1n) is 4.85. The standard InChI is InChI=1S/C11H14N2OS/c12-8-2-1-3-9-15(14)11-6-4-10(13)5-7-11/h4-7H,1-3,9,13H2. The molecule has 0 aliphatic heterocycles. The number of benzene rings is 1. The first-order valence-corrected chi connectivity index (χ1v) is 6.17. The minimum absolute atomic E-state index is 0.541. The summed E-state index contributed by atoms with van der Waals surface area (Å²) in [6, 6.07) is 9.15. The Kier molecular flexibility index (Phi) is 4.85. The fourth-order valence-corrected chi connectivity index (χ4v) is 2.32. The van der Waals surface area contributed by atoms with E-state index in [0.29, 0.717) is 17.9 Å². The molecule has 0 saturated heterocycles. The van der Waals surface area contributed by atoms with Crippen LogP contribution in [0.15, 0.2) is 29.2 Å². The molecule has 3 nitrogen and oxygen atoms in total. The fourth-order valence-electron chi connectivity index (χ4n) is 1.17. The molecule has 80 valence electrons. The van der Waals surface area contributed by atoms with Gasteiger partial charge in [0.15, 0.2) is 0 Å². The lowest BCUT2D eigenvalue weighted by atomic mass is 10.3. The van der Waals surface area contributed by atoms with E-state index < -0.39 is 10.8 Å². The van der Waals surface area contributed by atoms with Gasteiger partial charge in [-0.15, -0.1) is 0 Å². The molecule has 0 spiro atoms. The van der Waals surface area contributed by atoms with Gasteiger partial charge in [-0.05, 0) is 37.1 Å². The van der Waals surface area contributed by atoms with E-state index in [9.17, 15) is 4.21 Å². The smallest absolute Gasteiger partial charge is 0.0621 e. The van der Waals surface area contributed by atoms with Gasteiger partial charge in [-0.25, -0.2) is 0 Å². The third-order valence-corrected chi connectivity index (χ3v) is 3.47. The Balaban J connectivity index is 2.41. The van der Waals surface area contributed by atoms with Crippen molar-refractivity contribution in [3.8, 4) is 6.07 Å². The molecule has 2 N–H and O–H groups in total. The van der Waals surface area contributed by atoms with Crippen molar-refractivity contribution >= 4 is 16.5 Å². The van der Waals surface area contributed by atoms with Crippen molar-refractivity contribution in [2.45, 2.75) is 24.2 Å². The van der Waals surface area contributed by atoms with Crippen LogP contribution in [-0.2, 0) is 10.8 Å². The van der Waals surface area contributed by atoms with Gasteiger partial charge in [0.25, 0.3) is 0 Å². The average Bonchev–Trinajstić information content (AvgIpc) is 2.25. The number of unbranched alkanes of at least 4 members (excludes halogenated alkanes) is 2. The van der Waals surface area contributed by atoms with Crippen molar-refractivity contribution in [1.82, 2.24) is 0 Å². The van der Waals surface area contributed by atoms with E-state index in [1.807, 2.05) is 0 Å². The largest absolute Gasteiger partial charge is 0.399 e. The van der Waals surface area contributed by atoms with Crippen molar-refractivity contribution in [3.63, 3.8) is 0 Å². The fraction of sp³-hybridized carbons (Fsp3) is 0.364. The second-order valence-electron chi connectivity index (χ2n) is 3.23. The summed E-state index contributed by atoms with van der Waals surface area (Å²) >= 11 is 0. The summed E-state index contributed by atoms with van der Waals surface area (Å²) in [4.78, 5) is 0.807. The van der Waals surface area contributed by atoms with Crippen LogP contribution in [0.4, 0.5) is 5.69 Å². The molecular formula is C11H14N2OS. The predicted molar refractivity (Wildman–Crippen MR) is 61.6 cm³/mol. The predicted octanol–water partition coefficient (Wildman–Crippen LogP) is 2.07. The van der Waals surface area contributed by atoms with Crippen LogP contribution in [0, 0.1) is 11.3 Å². The minimum Gasteiger partial charge on any atom is -0.399 e. The summed E-state index contributed by atoms with van der Waals surface area (Å²) in [5.74, 6) is 0.617. The van der Waals surface area contributed by atoms with Crippen LogP contribution in [0.1, 0.15) is 19.3 Å². The molecule has 0 bridgehead atoms. The van der Waals surface area contributed by atoms with Crippen molar-refractivity contribution in [3.05, 3.63) is 24.3 Å². The molecule has 1 atom stereocenters. The highest BCUT2D eigenvalue weighted by molar-refractivity contribution is 7.85. The zero-order chi connectivity index (χ0) is 11.1. The van der Waals surface area contributed by atoms with Crippen LogP contribution in [-0.4, -0.2) is 9.96 Å². The molecule has 4 heteroatoms. The highest BCUT2D eigenvalue weighted by Gasteiger charge is 2.02. The summed E-state index contributed by atoms with van der Waals surface area (Å²) in [5, 5.41) is 8.34. The quantitative estimate of drug-likeness (QED) is 0.612. The Bertz CT molecular complexity index is 367. The number of rotatable bonds is 5. The number of nitrogens with two attached hydrogens (primary N) is 1. The van der Waals surface area contributed by atoms with E-state index in [2.05, 4.69) is 6.07 Å². The maximum absolute atomic E-state index is 11.7. The van der Waals surface area contributed by atoms with Crippen molar-refractivity contribution in [2.24, 2.45) is 0 Å². The van der Waals surface area contributed by atoms with Gasteiger partial charge in [-0.3, -0.25) is 4.21 Å². The molecule has 1 rings (SSSR count). The molecule has 1 unspecified atom stereocenters. The summed E-state index contributed by atoms with van der Waals surface area (Å²) in [5.41, 5.74) is 6.21. The number of anilines is 1. The first-order chi connectivity index (χ1) is 7.24. The Morgan fingerprint density at radius 3 is 2.53 bits per heavy atom. The molecule has 0 fully saturated rings. The maximum atomic E-state index is 11.7. The number of nitrogen functional groups attached to an aromatic ring is 1. The molecule has 0 radical (unpaired) electrons. The normalized spacial score (nSPS) is 11.9. The van der Waals surface area contributed by atoms with E-state index in [0.717, 1.165) is 17.7 Å². The lowest BCUT2D eigenvalue weighted by molar-refractivity contribution is 0.678. The average molecular weight is 222 g/mol. The lowest BCUT2D eigenvalue weighted by Gasteiger charge is -2.01. The summed E-state index contributed by atoms with van der Waals surface area (Å²) in [7, 11) is -0.960. The molecule has 0 aliphatic rings. The molecule has 0 heterocycles. The van der Waals surface area contributed by atoms with Gasteiger partial charge >= 0.3 is 0 Å². The first kappa shape index (κ1) is 11.7. The summed E-state index contributed by atoms with van der Waals surface area (Å²) in [6.45, 7) is 0. The van der Waals surface area contributed by atoms with E-state index in [-0.39, 0.29) is 0 Å². The van der Waals surface area contributed by atoms with Crippen LogP contribution in [0.5, 0.6) is 0 Å². The second-order valence-corrected chi connectivity index (χ2v) is 4.80. The van der Waals surface area contributed by atoms with Gasteiger partial charge in [0, 0.05) is 22.8 Å². The third-order valence-electron chi connectivity index (χ3n) is 2.01. The Morgan fingerprint density at radius 2 is 1.93 bits per heavy atom. The zero-order valence-corrected chi connectivity index (χ0v) is 9.30. The van der Waals surface area contributed by atoms with Gasteiger partial charge in [0.1, 0.15) is 0 Å². The maximum Gasteiger partial charge on any atom is 0.0621 e. The van der Waals surface area contributed by atoms with Gasteiger partial charge in [-0.2, -0.15) is 5.26 Å². The van der Waals surface area contributed by atoms with Crippen molar-refractivity contribution in [2.75, 3.05) is 11.5 Å². The minimum atomic E-state index is -0.960. The molecule has 1 aromatic carbocycles. The zero-order valence-electron chi connectivity index (χ0n) is 8.48. The number of hydrogen-bond donors (Lipinski definition) is 1. The van der Waals surface area contributed by atoms with Crippen LogP contribution < -0.4 is 5.73 Å². The number of nitriles is 1. The van der Waals surface area contributed by atoms with E-state index in [1.165, 1.54) is 0 Å². The van der Waals surface area contributed by atoms with E-state index in [4.69, 9.17) is 11.0 Å². The molecule has 0 aliphatic carbocycles. The van der Waals surface area contributed by atoms with Gasteiger partial charge < -0.3 is 5.73 Å². The molecule has 0 amide bonds. The molecule has 0 saturated carbocycles. The number of nitrogens with zero attached hydrogens (tertiary/aromatic N) is 1. The van der Waals surface area contributed by atoms with Crippen molar-refractivity contribution in [1.29, 1.82) is 5.26 Å². The Hall–Kier alpha value is -1.34. The highest BCUT2D eigenvalue weighted by Crippen LogP contribution is 2.11. The molecule has 0 aromatic heterocycles. The van der Waals surface area contributed by atoms with E-state index >= 15 is 0 Å². The van der Waals surface area contributed by atoms with Crippen LogP contribution in [0.3, 0.4) is 0 Å². The monoisotopic (exact) mass is 222 g/mol. The Morgan fingerprint density at radius 1 is 1.27 bits per heavy atom. The Labute approximate surface area is 92.4 Å². The highest BCUT2D eigenvalue weighted by atomic mass is 32.2. The van der Waals surface area contributed by atoms with Gasteiger partial charge in [0.2, 0.25) is 0 Å². The molecule has 15 heavy (non-hydrogen) atoms. The molecular weight excluding hydrogens is 208 g/mol. The van der Waals surface area contributed by atoms with Crippen LogP contribution in [0.2, 0.25) is 0 Å². The second kappa shape index (κ2) is 6.20. The number of hydrogen-bond acceptors (Lipinski definition) is 3. The van der Waals surface area contributed by atoms with Gasteiger partial charge in [-0.1, -0.05) is 0 Å². The summed E-state index contributed by atoms with van der Waals surface area (Å²) in [6.07, 6.45) is 2.18. The van der Waals surface area contributed by atoms with Gasteiger partial charge in [0.05, 0.1) is 16.9 Å². The topological polar surface area (TPSA) is 66.9 Å². The third kappa shape index (κ3) is 4.13. The lowest BCUT2D eigenvalue weighted by Crippen LogP contribution is -1.98. The molecule has 1 aromatic rings.